The molecule has 1 saturated heterocycles. The number of anilines is 1. The molecule has 0 unspecified atom stereocenters. The molecular weight excluding hydrogens is 408 g/mol. The van der Waals surface area contributed by atoms with E-state index in [9.17, 15) is 4.79 Å². The second-order valence-corrected chi connectivity index (χ2v) is 8.80. The Labute approximate surface area is 196 Å². The molecule has 0 amide bonds. The van der Waals surface area contributed by atoms with Gasteiger partial charge >= 0.3 is 0 Å². The van der Waals surface area contributed by atoms with Crippen molar-refractivity contribution >= 4 is 11.5 Å². The molecule has 0 saturated carbocycles. The molecule has 0 spiro atoms. The van der Waals surface area contributed by atoms with E-state index in [0.29, 0.717) is 6.42 Å². The van der Waals surface area contributed by atoms with Crippen molar-refractivity contribution < 1.29 is 4.79 Å². The van der Waals surface area contributed by atoms with E-state index in [1.54, 1.807) is 6.33 Å². The predicted octanol–water partition coefficient (Wildman–Crippen LogP) is 3.90. The summed E-state index contributed by atoms with van der Waals surface area (Å²) in [5.74, 6) is 0.0465. The van der Waals surface area contributed by atoms with Crippen LogP contribution in [0.1, 0.15) is 28.1 Å². The summed E-state index contributed by atoms with van der Waals surface area (Å²) in [6, 6.07) is 19.2. The fourth-order valence-corrected chi connectivity index (χ4v) is 4.15. The summed E-state index contributed by atoms with van der Waals surface area (Å²) in [5.41, 5.74) is 6.93. The predicted molar refractivity (Wildman–Crippen MR) is 134 cm³/mol. The lowest BCUT2D eigenvalue weighted by atomic mass is 10.0. The van der Waals surface area contributed by atoms with E-state index in [4.69, 9.17) is 0 Å². The molecule has 0 aliphatic carbocycles. The number of carbonyl (C=O) groups is 1. The molecular formula is C28H32N4O. The van der Waals surface area contributed by atoms with Crippen molar-refractivity contribution in [3.05, 3.63) is 102 Å². The third kappa shape index (κ3) is 6.59. The molecule has 0 atom stereocenters. The van der Waals surface area contributed by atoms with Gasteiger partial charge in [0.2, 0.25) is 0 Å². The largest absolute Gasteiger partial charge is 0.369 e. The average molecular weight is 441 g/mol. The van der Waals surface area contributed by atoms with Gasteiger partial charge in [0, 0.05) is 56.1 Å². The zero-order chi connectivity index (χ0) is 23.0. The van der Waals surface area contributed by atoms with Gasteiger partial charge in [-0.1, -0.05) is 43.0 Å². The normalized spacial score (nSPS) is 14.3. The van der Waals surface area contributed by atoms with E-state index >= 15 is 0 Å². The highest BCUT2D eigenvalue weighted by Gasteiger charge is 2.14. The van der Waals surface area contributed by atoms with Gasteiger partial charge in [-0.2, -0.15) is 0 Å². The van der Waals surface area contributed by atoms with Gasteiger partial charge in [-0.3, -0.25) is 4.79 Å². The Kier molecular flexibility index (Phi) is 7.63. The Morgan fingerprint density at radius 2 is 1.52 bits per heavy atom. The van der Waals surface area contributed by atoms with Crippen molar-refractivity contribution in [1.82, 2.24) is 14.9 Å². The molecule has 170 valence electrons. The summed E-state index contributed by atoms with van der Waals surface area (Å²) >= 11 is 0. The molecule has 0 bridgehead atoms. The lowest BCUT2D eigenvalue weighted by Crippen LogP contribution is -2.44. The van der Waals surface area contributed by atoms with Crippen molar-refractivity contribution in [3.63, 3.8) is 0 Å². The summed E-state index contributed by atoms with van der Waals surface area (Å²) < 4.78 is 0. The number of carbonyl (C=O) groups excluding carboxylic acids is 1. The number of hydrogen-bond acceptors (Lipinski definition) is 5. The number of likely N-dealkylation sites (N-methyl/N-ethyl adjacent to an activating group) is 1. The Bertz CT molecular complexity index is 1070. The van der Waals surface area contributed by atoms with Crippen LogP contribution in [0.2, 0.25) is 0 Å². The van der Waals surface area contributed by atoms with Gasteiger partial charge in [0.25, 0.3) is 0 Å². The van der Waals surface area contributed by atoms with Crippen LogP contribution < -0.4 is 4.90 Å². The van der Waals surface area contributed by atoms with Crippen LogP contribution in [0.4, 0.5) is 5.69 Å². The molecule has 5 heteroatoms. The van der Waals surface area contributed by atoms with E-state index in [-0.39, 0.29) is 5.78 Å². The first kappa shape index (κ1) is 22.9. The van der Waals surface area contributed by atoms with E-state index in [1.807, 2.05) is 12.1 Å². The number of rotatable bonds is 9. The highest BCUT2D eigenvalue weighted by atomic mass is 16.1. The zero-order valence-corrected chi connectivity index (χ0v) is 19.4. The third-order valence-electron chi connectivity index (χ3n) is 6.27. The Balaban J connectivity index is 1.31. The minimum absolute atomic E-state index is 0.0465. The lowest BCUT2D eigenvalue weighted by Gasteiger charge is -2.34. The summed E-state index contributed by atoms with van der Waals surface area (Å²) in [6.07, 6.45) is 6.05. The number of ketones is 1. The van der Waals surface area contributed by atoms with Crippen molar-refractivity contribution in [3.8, 4) is 0 Å². The zero-order valence-electron chi connectivity index (χ0n) is 19.4. The quantitative estimate of drug-likeness (QED) is 0.472. The summed E-state index contributed by atoms with van der Waals surface area (Å²) in [4.78, 5) is 25.3. The van der Waals surface area contributed by atoms with Gasteiger partial charge < -0.3 is 9.80 Å². The van der Waals surface area contributed by atoms with Crippen molar-refractivity contribution in [2.24, 2.45) is 0 Å². The van der Waals surface area contributed by atoms with Crippen LogP contribution >= 0.6 is 0 Å². The van der Waals surface area contributed by atoms with Crippen LogP contribution in [0.15, 0.2) is 73.6 Å². The number of hydrogen-bond donors (Lipinski definition) is 0. The number of aryl methyl sites for hydroxylation is 2. The second kappa shape index (κ2) is 11.0. The van der Waals surface area contributed by atoms with Gasteiger partial charge in [-0.05, 0) is 60.9 Å². The molecule has 1 fully saturated rings. The Hall–Kier alpha value is -3.31. The van der Waals surface area contributed by atoms with Crippen LogP contribution in [0.25, 0.3) is 0 Å². The molecule has 0 N–H and O–H groups in total. The SMILES string of the molecule is C=CC(=O)Cc1ccc(CCc2cc(Cc3ccc(N4CCN(C)CC4)cc3)ncn2)cc1. The first-order valence-corrected chi connectivity index (χ1v) is 11.6. The summed E-state index contributed by atoms with van der Waals surface area (Å²) in [6.45, 7) is 7.93. The first-order valence-electron chi connectivity index (χ1n) is 11.6. The van der Waals surface area contributed by atoms with Gasteiger partial charge in [-0.25, -0.2) is 9.97 Å². The van der Waals surface area contributed by atoms with E-state index < -0.39 is 0 Å². The van der Waals surface area contributed by atoms with E-state index in [2.05, 4.69) is 75.9 Å². The number of nitrogens with zero attached hydrogens (tertiary/aromatic N) is 4. The topological polar surface area (TPSA) is 49.3 Å². The number of benzene rings is 2. The molecule has 1 aliphatic heterocycles. The minimum Gasteiger partial charge on any atom is -0.369 e. The Morgan fingerprint density at radius 3 is 2.21 bits per heavy atom. The number of allylic oxidation sites excluding steroid dienone is 1. The highest BCUT2D eigenvalue weighted by Crippen LogP contribution is 2.19. The summed E-state index contributed by atoms with van der Waals surface area (Å²) in [5, 5.41) is 0. The van der Waals surface area contributed by atoms with Crippen LogP contribution in [0.5, 0.6) is 0 Å². The molecule has 1 aliphatic rings. The minimum atomic E-state index is 0.0465. The van der Waals surface area contributed by atoms with E-state index in [0.717, 1.165) is 62.4 Å². The average Bonchev–Trinajstić information content (AvgIpc) is 2.85. The molecule has 5 nitrogen and oxygen atoms in total. The highest BCUT2D eigenvalue weighted by molar-refractivity contribution is 5.90. The number of piperazine rings is 1. The standard InChI is InChI=1S/C28H32N4O/c1-3-28(33)19-24-6-4-22(5-7-24)8-11-25-20-26(30-21-29-25)18-23-9-12-27(13-10-23)32-16-14-31(2)15-17-32/h3-7,9-10,12-13,20-21H,1,8,11,14-19H2,2H3. The third-order valence-corrected chi connectivity index (χ3v) is 6.27. The van der Waals surface area contributed by atoms with Crippen LogP contribution in [0, 0.1) is 0 Å². The van der Waals surface area contributed by atoms with Crippen molar-refractivity contribution in [2.45, 2.75) is 25.7 Å². The molecule has 33 heavy (non-hydrogen) atoms. The van der Waals surface area contributed by atoms with Gasteiger partial charge in [-0.15, -0.1) is 0 Å². The maximum absolute atomic E-state index is 11.5. The van der Waals surface area contributed by atoms with Gasteiger partial charge in [0.15, 0.2) is 5.78 Å². The maximum atomic E-state index is 11.5. The molecule has 1 aromatic heterocycles. The second-order valence-electron chi connectivity index (χ2n) is 8.80. The number of aromatic nitrogens is 2. The monoisotopic (exact) mass is 440 g/mol. The van der Waals surface area contributed by atoms with Crippen LogP contribution in [-0.2, 0) is 30.5 Å². The summed E-state index contributed by atoms with van der Waals surface area (Å²) in [7, 11) is 2.18. The lowest BCUT2D eigenvalue weighted by molar-refractivity contribution is -0.114. The first-order chi connectivity index (χ1) is 16.1. The molecule has 3 aromatic rings. The fraction of sp³-hybridized carbons (Fsp3) is 0.321. The van der Waals surface area contributed by atoms with Crippen molar-refractivity contribution in [1.29, 1.82) is 0 Å². The van der Waals surface area contributed by atoms with E-state index in [1.165, 1.54) is 22.9 Å². The molecule has 0 radical (unpaired) electrons. The fourth-order valence-electron chi connectivity index (χ4n) is 4.15. The van der Waals surface area contributed by atoms with Gasteiger partial charge in [0.1, 0.15) is 6.33 Å². The molecule has 2 aromatic carbocycles. The molecule has 4 rings (SSSR count). The Morgan fingerprint density at radius 1 is 0.879 bits per heavy atom. The van der Waals surface area contributed by atoms with Crippen molar-refractivity contribution in [2.75, 3.05) is 38.1 Å². The van der Waals surface area contributed by atoms with Crippen LogP contribution in [0.3, 0.4) is 0 Å². The smallest absolute Gasteiger partial charge is 0.159 e. The van der Waals surface area contributed by atoms with Gasteiger partial charge in [0.05, 0.1) is 0 Å². The molecule has 2 heterocycles. The maximum Gasteiger partial charge on any atom is 0.159 e. The van der Waals surface area contributed by atoms with Crippen LogP contribution in [-0.4, -0.2) is 53.9 Å².